The molecule has 29 heavy (non-hydrogen) atoms. The van der Waals surface area contributed by atoms with Gasteiger partial charge in [0.2, 0.25) is 0 Å². The molecule has 0 aromatic heterocycles. The second kappa shape index (κ2) is 7.30. The first-order valence-electron chi connectivity index (χ1n) is 9.06. The average Bonchev–Trinajstić information content (AvgIpc) is 3.01. The Balaban J connectivity index is 1.67. The molecule has 1 saturated heterocycles. The van der Waals surface area contributed by atoms with Gasteiger partial charge in [-0.3, -0.25) is 9.69 Å². The highest BCUT2D eigenvalue weighted by Gasteiger charge is 2.33. The third kappa shape index (κ3) is 3.23. The van der Waals surface area contributed by atoms with Crippen molar-refractivity contribution in [3.8, 4) is 0 Å². The number of benzene rings is 4. The second-order valence-electron chi connectivity index (χ2n) is 6.73. The lowest BCUT2D eigenvalue weighted by Gasteiger charge is -2.14. The SMILES string of the molecule is O=C1C(=Cc2c3ccccc3cc3ccccc23)SC(=S)N1c1ccc(Cl)cc1. The molecule has 5 rings (SSSR count). The molecule has 0 N–H and O–H groups in total. The van der Waals surface area contributed by atoms with Crippen LogP contribution in [0.5, 0.6) is 0 Å². The number of anilines is 1. The summed E-state index contributed by atoms with van der Waals surface area (Å²) >= 11 is 12.8. The minimum Gasteiger partial charge on any atom is -0.268 e. The molecule has 4 aromatic rings. The smallest absolute Gasteiger partial charge is 0.268 e. The van der Waals surface area contributed by atoms with Crippen LogP contribution in [0.3, 0.4) is 0 Å². The Kier molecular flexibility index (Phi) is 4.63. The highest BCUT2D eigenvalue weighted by molar-refractivity contribution is 8.27. The van der Waals surface area contributed by atoms with Gasteiger partial charge in [0.15, 0.2) is 4.32 Å². The average molecular weight is 432 g/mol. The fourth-order valence-corrected chi connectivity index (χ4v) is 5.02. The Morgan fingerprint density at radius 3 is 2.07 bits per heavy atom. The Hall–Kier alpha value is -2.66. The van der Waals surface area contributed by atoms with Crippen molar-refractivity contribution < 1.29 is 4.79 Å². The van der Waals surface area contributed by atoms with Crippen molar-refractivity contribution in [2.45, 2.75) is 0 Å². The fraction of sp³-hybridized carbons (Fsp3) is 0. The van der Waals surface area contributed by atoms with Gasteiger partial charge in [0.25, 0.3) is 5.91 Å². The molecule has 0 spiro atoms. The number of carbonyl (C=O) groups excluding carboxylic acids is 1. The Labute approximate surface area is 182 Å². The molecule has 0 bridgehead atoms. The lowest BCUT2D eigenvalue weighted by Crippen LogP contribution is -2.27. The van der Waals surface area contributed by atoms with Crippen LogP contribution in [-0.4, -0.2) is 10.2 Å². The molecule has 1 aliphatic rings. The van der Waals surface area contributed by atoms with Crippen molar-refractivity contribution in [3.63, 3.8) is 0 Å². The van der Waals surface area contributed by atoms with Gasteiger partial charge >= 0.3 is 0 Å². The number of nitrogens with zero attached hydrogens (tertiary/aromatic N) is 1. The van der Waals surface area contributed by atoms with Gasteiger partial charge in [-0.2, -0.15) is 0 Å². The molecular weight excluding hydrogens is 418 g/mol. The number of rotatable bonds is 2. The lowest BCUT2D eigenvalue weighted by molar-refractivity contribution is -0.113. The topological polar surface area (TPSA) is 20.3 Å². The molecule has 1 heterocycles. The van der Waals surface area contributed by atoms with Crippen LogP contribution in [0, 0.1) is 0 Å². The van der Waals surface area contributed by atoms with Gasteiger partial charge < -0.3 is 0 Å². The zero-order valence-corrected chi connectivity index (χ0v) is 17.5. The first-order chi connectivity index (χ1) is 14.1. The Morgan fingerprint density at radius 1 is 0.862 bits per heavy atom. The van der Waals surface area contributed by atoms with Gasteiger partial charge in [0.1, 0.15) is 0 Å². The van der Waals surface area contributed by atoms with Crippen LogP contribution in [0.15, 0.2) is 83.8 Å². The van der Waals surface area contributed by atoms with E-state index in [-0.39, 0.29) is 5.91 Å². The number of halogens is 1. The molecule has 0 atom stereocenters. The van der Waals surface area contributed by atoms with Crippen LogP contribution < -0.4 is 4.90 Å². The summed E-state index contributed by atoms with van der Waals surface area (Å²) in [6.45, 7) is 0. The monoisotopic (exact) mass is 431 g/mol. The molecular formula is C24H14ClNOS2. The van der Waals surface area contributed by atoms with Gasteiger partial charge in [-0.15, -0.1) is 0 Å². The lowest BCUT2D eigenvalue weighted by atomic mass is 9.96. The van der Waals surface area contributed by atoms with E-state index in [0.29, 0.717) is 14.2 Å². The van der Waals surface area contributed by atoms with Crippen molar-refractivity contribution in [1.82, 2.24) is 0 Å². The van der Waals surface area contributed by atoms with Crippen LogP contribution in [0.1, 0.15) is 5.56 Å². The molecule has 0 aliphatic carbocycles. The molecule has 1 amide bonds. The molecule has 140 valence electrons. The number of fused-ring (bicyclic) bond motifs is 2. The predicted molar refractivity (Wildman–Crippen MR) is 129 cm³/mol. The van der Waals surface area contributed by atoms with Crippen LogP contribution in [0.4, 0.5) is 5.69 Å². The quantitative estimate of drug-likeness (QED) is 0.192. The van der Waals surface area contributed by atoms with Gasteiger partial charge in [0.05, 0.1) is 10.6 Å². The third-order valence-electron chi connectivity index (χ3n) is 4.97. The van der Waals surface area contributed by atoms with E-state index in [2.05, 4.69) is 30.3 Å². The number of hydrogen-bond acceptors (Lipinski definition) is 3. The molecule has 1 aliphatic heterocycles. The van der Waals surface area contributed by atoms with E-state index in [4.69, 9.17) is 23.8 Å². The number of thiocarbonyl (C=S) groups is 1. The van der Waals surface area contributed by atoms with Crippen LogP contribution in [-0.2, 0) is 4.79 Å². The molecule has 5 heteroatoms. The van der Waals surface area contributed by atoms with E-state index < -0.39 is 0 Å². The van der Waals surface area contributed by atoms with E-state index in [9.17, 15) is 4.79 Å². The fourth-order valence-electron chi connectivity index (χ4n) is 3.62. The standard InChI is InChI=1S/C24H14ClNOS2/c25-17-9-11-18(12-10-17)26-23(27)22(29-24(26)28)14-21-19-7-3-1-5-15(19)13-16-6-2-4-8-20(16)21/h1-14H. The van der Waals surface area contributed by atoms with Gasteiger partial charge in [0, 0.05) is 5.02 Å². The summed E-state index contributed by atoms with van der Waals surface area (Å²) < 4.78 is 0.521. The van der Waals surface area contributed by atoms with E-state index in [1.54, 1.807) is 17.0 Å². The van der Waals surface area contributed by atoms with Crippen molar-refractivity contribution in [1.29, 1.82) is 0 Å². The summed E-state index contributed by atoms with van der Waals surface area (Å²) in [4.78, 5) is 15.4. The van der Waals surface area contributed by atoms with Gasteiger partial charge in [-0.1, -0.05) is 84.1 Å². The second-order valence-corrected chi connectivity index (χ2v) is 8.84. The van der Waals surface area contributed by atoms with Crippen molar-refractivity contribution in [2.75, 3.05) is 4.90 Å². The Morgan fingerprint density at radius 2 is 1.45 bits per heavy atom. The summed E-state index contributed by atoms with van der Waals surface area (Å²) in [5.74, 6) is -0.112. The van der Waals surface area contributed by atoms with E-state index in [1.807, 2.05) is 42.5 Å². The first-order valence-corrected chi connectivity index (χ1v) is 10.7. The van der Waals surface area contributed by atoms with Crippen molar-refractivity contribution in [2.24, 2.45) is 0 Å². The van der Waals surface area contributed by atoms with Crippen LogP contribution >= 0.6 is 35.6 Å². The first kappa shape index (κ1) is 18.4. The molecule has 2 nitrogen and oxygen atoms in total. The minimum atomic E-state index is -0.112. The van der Waals surface area contributed by atoms with Crippen LogP contribution in [0.2, 0.25) is 5.02 Å². The summed E-state index contributed by atoms with van der Waals surface area (Å²) in [5, 5.41) is 5.14. The third-order valence-corrected chi connectivity index (χ3v) is 6.52. The van der Waals surface area contributed by atoms with Gasteiger partial charge in [-0.05, 0) is 63.5 Å². The molecule has 4 aromatic carbocycles. The van der Waals surface area contributed by atoms with Gasteiger partial charge in [-0.25, -0.2) is 0 Å². The number of thioether (sulfide) groups is 1. The zero-order chi connectivity index (χ0) is 20.0. The Bertz CT molecular complexity index is 1270. The number of amides is 1. The number of carbonyl (C=O) groups is 1. The summed E-state index contributed by atoms with van der Waals surface area (Å²) in [6, 6.07) is 25.8. The van der Waals surface area contributed by atoms with Crippen molar-refractivity contribution in [3.05, 3.63) is 94.4 Å². The maximum absolute atomic E-state index is 13.2. The summed E-state index contributed by atoms with van der Waals surface area (Å²) in [6.07, 6.45) is 1.97. The minimum absolute atomic E-state index is 0.112. The molecule has 1 fully saturated rings. The summed E-state index contributed by atoms with van der Waals surface area (Å²) in [5.41, 5.74) is 1.76. The molecule has 0 radical (unpaired) electrons. The van der Waals surface area contributed by atoms with E-state index in [0.717, 1.165) is 32.8 Å². The molecule has 0 unspecified atom stereocenters. The maximum Gasteiger partial charge on any atom is 0.270 e. The molecule has 0 saturated carbocycles. The van der Waals surface area contributed by atoms with Crippen LogP contribution in [0.25, 0.3) is 27.6 Å². The van der Waals surface area contributed by atoms with E-state index >= 15 is 0 Å². The highest BCUT2D eigenvalue weighted by Crippen LogP contribution is 2.38. The largest absolute Gasteiger partial charge is 0.270 e. The maximum atomic E-state index is 13.2. The zero-order valence-electron chi connectivity index (χ0n) is 15.1. The van der Waals surface area contributed by atoms with E-state index in [1.165, 1.54) is 11.8 Å². The number of hydrogen-bond donors (Lipinski definition) is 0. The summed E-state index contributed by atoms with van der Waals surface area (Å²) in [7, 11) is 0. The van der Waals surface area contributed by atoms with Crippen molar-refractivity contribution >= 4 is 79.1 Å². The normalized spacial score (nSPS) is 15.8. The highest BCUT2D eigenvalue weighted by atomic mass is 35.5. The predicted octanol–water partition coefficient (Wildman–Crippen LogP) is 7.05.